The average molecular weight is 457 g/mol. The van der Waals surface area contributed by atoms with Gasteiger partial charge in [-0.05, 0) is 37.1 Å². The van der Waals surface area contributed by atoms with Gasteiger partial charge >= 0.3 is 11.9 Å². The summed E-state index contributed by atoms with van der Waals surface area (Å²) in [6.07, 6.45) is 0. The lowest BCUT2D eigenvalue weighted by molar-refractivity contribution is -0.387. The van der Waals surface area contributed by atoms with E-state index in [1.165, 1.54) is 32.4 Å². The maximum Gasteiger partial charge on any atom is 0.338 e. The van der Waals surface area contributed by atoms with Crippen molar-refractivity contribution in [2.45, 2.75) is 18.7 Å². The van der Waals surface area contributed by atoms with Crippen LogP contribution in [0.4, 0.5) is 11.4 Å². The van der Waals surface area contributed by atoms with E-state index in [0.717, 1.165) is 6.07 Å². The summed E-state index contributed by atoms with van der Waals surface area (Å²) in [7, 11) is 2.43. The minimum absolute atomic E-state index is 0.00477. The lowest BCUT2D eigenvalue weighted by Crippen LogP contribution is -2.05. The lowest BCUT2D eigenvalue weighted by Gasteiger charge is -2.04. The van der Waals surface area contributed by atoms with Crippen LogP contribution in [0.5, 0.6) is 0 Å². The third-order valence-electron chi connectivity index (χ3n) is 3.82. The standard InChI is InChI=1S/C9H8ClNO4.C9H9NO4S/c1-5-3-7(10)8(11(13)14)4-6(5)9(12)15-2;1-5-3-8(15)7(10(12)13)4-6(5)9(11)14-2/h3-4H,1-2H3;3-4,15H,1-2H3. The number of nitrogens with zero attached hydrogens (tertiary/aromatic N) is 2. The first kappa shape index (κ1) is 24.9. The Bertz CT molecular complexity index is 944. The Kier molecular flexibility index (Phi) is 8.75. The zero-order valence-corrected chi connectivity index (χ0v) is 17.9. The van der Waals surface area contributed by atoms with Crippen molar-refractivity contribution in [1.82, 2.24) is 0 Å². The molecule has 0 heterocycles. The van der Waals surface area contributed by atoms with Crippen LogP contribution in [0.25, 0.3) is 0 Å². The van der Waals surface area contributed by atoms with Crippen LogP contribution >= 0.6 is 24.2 Å². The Labute approximate surface area is 181 Å². The Morgan fingerprint density at radius 1 is 0.867 bits per heavy atom. The Hall–Kier alpha value is -3.18. The molecule has 30 heavy (non-hydrogen) atoms. The largest absolute Gasteiger partial charge is 0.465 e. The Balaban J connectivity index is 0.000000300. The van der Waals surface area contributed by atoms with E-state index in [1.54, 1.807) is 13.8 Å². The first-order valence-corrected chi connectivity index (χ1v) is 8.86. The molecule has 0 radical (unpaired) electrons. The molecule has 0 spiro atoms. The molecule has 0 amide bonds. The molecule has 2 aromatic rings. The van der Waals surface area contributed by atoms with Gasteiger partial charge < -0.3 is 9.47 Å². The fourth-order valence-corrected chi connectivity index (χ4v) is 2.92. The van der Waals surface area contributed by atoms with E-state index in [-0.39, 0.29) is 32.4 Å². The van der Waals surface area contributed by atoms with Crippen LogP contribution in [0.2, 0.25) is 5.02 Å². The molecule has 0 aliphatic rings. The molecule has 0 bridgehead atoms. The van der Waals surface area contributed by atoms with Gasteiger partial charge in [0.15, 0.2) is 0 Å². The van der Waals surface area contributed by atoms with Gasteiger partial charge in [0.2, 0.25) is 0 Å². The van der Waals surface area contributed by atoms with Gasteiger partial charge in [-0.15, -0.1) is 12.6 Å². The molecule has 0 aliphatic heterocycles. The fourth-order valence-electron chi connectivity index (χ4n) is 2.29. The molecule has 0 N–H and O–H groups in total. The smallest absolute Gasteiger partial charge is 0.338 e. The van der Waals surface area contributed by atoms with Crippen LogP contribution in [0, 0.1) is 34.1 Å². The molecule has 0 saturated carbocycles. The van der Waals surface area contributed by atoms with Gasteiger partial charge in [-0.25, -0.2) is 9.59 Å². The summed E-state index contributed by atoms with van der Waals surface area (Å²) in [5.41, 5.74) is 0.956. The number of nitro benzene ring substituents is 2. The molecule has 0 unspecified atom stereocenters. The minimum atomic E-state index is -0.645. The average Bonchev–Trinajstić information content (AvgIpc) is 2.66. The predicted octanol–water partition coefficient (Wildman–Crippen LogP) is 4.32. The SMILES string of the molecule is COC(=O)c1cc([N+](=O)[O-])c(Cl)cc1C.COC(=O)c1cc([N+](=O)[O-])c(S)cc1C. The topological polar surface area (TPSA) is 139 Å². The lowest BCUT2D eigenvalue weighted by atomic mass is 10.1. The van der Waals surface area contributed by atoms with E-state index in [9.17, 15) is 29.8 Å². The number of methoxy groups -OCH3 is 2. The third kappa shape index (κ3) is 5.91. The highest BCUT2D eigenvalue weighted by atomic mass is 35.5. The molecule has 0 aromatic heterocycles. The van der Waals surface area contributed by atoms with Crippen molar-refractivity contribution in [3.05, 3.63) is 71.8 Å². The van der Waals surface area contributed by atoms with Crippen molar-refractivity contribution in [3.8, 4) is 0 Å². The first-order chi connectivity index (χ1) is 13.9. The number of rotatable bonds is 4. The van der Waals surface area contributed by atoms with Gasteiger partial charge in [-0.1, -0.05) is 11.6 Å². The number of carbonyl (C=O) groups excluding carboxylic acids is 2. The van der Waals surface area contributed by atoms with Crippen molar-refractivity contribution in [2.75, 3.05) is 14.2 Å². The predicted molar refractivity (Wildman–Crippen MR) is 111 cm³/mol. The monoisotopic (exact) mass is 456 g/mol. The summed E-state index contributed by atoms with van der Waals surface area (Å²) in [6.45, 7) is 3.29. The number of ether oxygens (including phenoxy) is 2. The van der Waals surface area contributed by atoms with Gasteiger partial charge in [0, 0.05) is 12.1 Å². The van der Waals surface area contributed by atoms with Crippen molar-refractivity contribution < 1.29 is 28.9 Å². The normalized spacial score (nSPS) is 9.80. The van der Waals surface area contributed by atoms with Gasteiger partial charge in [-0.3, -0.25) is 20.2 Å². The zero-order valence-electron chi connectivity index (χ0n) is 16.3. The van der Waals surface area contributed by atoms with Crippen molar-refractivity contribution >= 4 is 47.5 Å². The number of hydrogen-bond acceptors (Lipinski definition) is 9. The number of halogens is 1. The molecule has 0 atom stereocenters. The van der Waals surface area contributed by atoms with Gasteiger partial charge in [0.05, 0.1) is 40.1 Å². The number of hydrogen-bond donors (Lipinski definition) is 1. The first-order valence-electron chi connectivity index (χ1n) is 8.03. The zero-order chi connectivity index (χ0) is 23.2. The second-order valence-corrected chi connectivity index (χ2v) is 6.66. The highest BCUT2D eigenvalue weighted by Gasteiger charge is 2.20. The summed E-state index contributed by atoms with van der Waals surface area (Å²) in [5, 5.41) is 21.2. The summed E-state index contributed by atoms with van der Waals surface area (Å²) >= 11 is 9.61. The van der Waals surface area contributed by atoms with E-state index >= 15 is 0 Å². The minimum Gasteiger partial charge on any atom is -0.465 e. The Morgan fingerprint density at radius 2 is 1.27 bits per heavy atom. The quantitative estimate of drug-likeness (QED) is 0.310. The molecular formula is C18H17ClN2O8S. The molecule has 0 fully saturated rings. The van der Waals surface area contributed by atoms with E-state index in [1.807, 2.05) is 0 Å². The maximum absolute atomic E-state index is 11.3. The van der Waals surface area contributed by atoms with Crippen LogP contribution in [-0.2, 0) is 9.47 Å². The van der Waals surface area contributed by atoms with Gasteiger partial charge in [0.1, 0.15) is 5.02 Å². The van der Waals surface area contributed by atoms with E-state index in [2.05, 4.69) is 22.1 Å². The van der Waals surface area contributed by atoms with Crippen LogP contribution in [0.15, 0.2) is 29.2 Å². The van der Waals surface area contributed by atoms with Crippen molar-refractivity contribution in [2.24, 2.45) is 0 Å². The molecule has 10 nitrogen and oxygen atoms in total. The maximum atomic E-state index is 11.3. The number of aryl methyl sites for hydroxylation is 2. The van der Waals surface area contributed by atoms with Crippen LogP contribution < -0.4 is 0 Å². The van der Waals surface area contributed by atoms with Crippen LogP contribution in [0.3, 0.4) is 0 Å². The van der Waals surface area contributed by atoms with E-state index in [4.69, 9.17) is 11.6 Å². The van der Waals surface area contributed by atoms with Gasteiger partial charge in [0.25, 0.3) is 11.4 Å². The number of thiol groups is 1. The number of carbonyl (C=O) groups is 2. The summed E-state index contributed by atoms with van der Waals surface area (Å²) in [5.74, 6) is -1.21. The third-order valence-corrected chi connectivity index (χ3v) is 4.48. The summed E-state index contributed by atoms with van der Waals surface area (Å²) in [4.78, 5) is 42.6. The number of benzene rings is 2. The molecule has 2 rings (SSSR count). The molecule has 160 valence electrons. The summed E-state index contributed by atoms with van der Waals surface area (Å²) in [6, 6.07) is 5.12. The second kappa shape index (κ2) is 10.6. The highest BCUT2D eigenvalue weighted by molar-refractivity contribution is 7.80. The molecule has 2 aromatic carbocycles. The second-order valence-electron chi connectivity index (χ2n) is 5.77. The van der Waals surface area contributed by atoms with Crippen molar-refractivity contribution in [1.29, 1.82) is 0 Å². The van der Waals surface area contributed by atoms with E-state index in [0.29, 0.717) is 11.1 Å². The highest BCUT2D eigenvalue weighted by Crippen LogP contribution is 2.28. The molecule has 0 saturated heterocycles. The number of nitro groups is 2. The van der Waals surface area contributed by atoms with E-state index < -0.39 is 21.8 Å². The van der Waals surface area contributed by atoms with Crippen LogP contribution in [0.1, 0.15) is 31.8 Å². The van der Waals surface area contributed by atoms with Crippen molar-refractivity contribution in [3.63, 3.8) is 0 Å². The summed E-state index contributed by atoms with van der Waals surface area (Å²) < 4.78 is 8.99. The Morgan fingerprint density at radius 3 is 1.67 bits per heavy atom. The molecular weight excluding hydrogens is 440 g/mol. The molecule has 12 heteroatoms. The molecule has 0 aliphatic carbocycles. The van der Waals surface area contributed by atoms with Gasteiger partial charge in [-0.2, -0.15) is 0 Å². The fraction of sp³-hybridized carbons (Fsp3) is 0.222. The number of esters is 2. The van der Waals surface area contributed by atoms with Crippen LogP contribution in [-0.4, -0.2) is 36.0 Å².